The Morgan fingerprint density at radius 1 is 0.480 bits per heavy atom. The third-order valence-electron chi connectivity index (χ3n) is 18.0. The van der Waals surface area contributed by atoms with Crippen molar-refractivity contribution < 1.29 is 112 Å². The maximum Gasteiger partial charge on any atom is 0.329 e. The highest BCUT2D eigenvalue weighted by Crippen LogP contribution is 2.26. The second-order valence-corrected chi connectivity index (χ2v) is 31.6. The number of halogens is 7. The van der Waals surface area contributed by atoms with Gasteiger partial charge in [0.15, 0.2) is 5.78 Å². The van der Waals surface area contributed by atoms with Crippen LogP contribution in [0.1, 0.15) is 222 Å². The first-order chi connectivity index (χ1) is 56.5. The zero-order valence-corrected chi connectivity index (χ0v) is 82.9. The van der Waals surface area contributed by atoms with E-state index in [0.29, 0.717) is 122 Å². The SMILES string of the molecule is C.CC(C)(C)OC(=O)[C@H](CCCCO)NC(=O)[C@@H](N)CCc1ccc(F)cc1.CO.C[C@@H](CCc1ccc(F)cc1)C(=O)N[C@@H](CCCCO)C(=O)OC(C)(C)C.C[C@@H](CCc1ccc(F)cc1)C(=O)O.Cc1cccc(CC(C(=O)C[C@@H](CCc2ccc(F)cc2)C(=O)N[C@@H](CCCCO)C(=O)OC(C)(C)C)N2CCCC2=O)c1.Cl.S.S.S.S.S.S.S.[2H]CF.[2H]CF. The van der Waals surface area contributed by atoms with Crippen molar-refractivity contribution in [1.82, 2.24) is 20.9 Å². The summed E-state index contributed by atoms with van der Waals surface area (Å²) < 4.78 is 99.2. The first-order valence-electron chi connectivity index (χ1n) is 41.4. The van der Waals surface area contributed by atoms with E-state index >= 15 is 0 Å². The Labute approximate surface area is 809 Å². The van der Waals surface area contributed by atoms with E-state index in [1.807, 2.05) is 31.2 Å². The Morgan fingerprint density at radius 2 is 0.795 bits per heavy atom. The minimum absolute atomic E-state index is 0. The molecule has 1 aliphatic heterocycles. The number of benzene rings is 5. The van der Waals surface area contributed by atoms with Crippen molar-refractivity contribution in [3.8, 4) is 0 Å². The molecule has 1 saturated heterocycles. The van der Waals surface area contributed by atoms with Gasteiger partial charge in [-0.15, -0.1) is 12.4 Å². The lowest BCUT2D eigenvalue weighted by molar-refractivity contribution is -0.159. The van der Waals surface area contributed by atoms with E-state index in [0.717, 1.165) is 40.5 Å². The highest BCUT2D eigenvalue weighted by molar-refractivity contribution is 7.60. The average Bonchev–Trinajstić information content (AvgIpc) is 1.76. The fourth-order valence-corrected chi connectivity index (χ4v) is 11.7. The van der Waals surface area contributed by atoms with Crippen LogP contribution in [0.25, 0.3) is 0 Å². The van der Waals surface area contributed by atoms with Gasteiger partial charge in [0.25, 0.3) is 0 Å². The van der Waals surface area contributed by atoms with Gasteiger partial charge in [0.1, 0.15) is 58.2 Å². The zero-order chi connectivity index (χ0) is 91.1. The minimum atomic E-state index is -1.00. The minimum Gasteiger partial charge on any atom is -0.481 e. The number of hydrogen-bond acceptors (Lipinski definition) is 17. The molecule has 4 amide bonds. The van der Waals surface area contributed by atoms with E-state index in [1.165, 1.54) is 48.5 Å². The van der Waals surface area contributed by atoms with Gasteiger partial charge in [-0.05, 0) is 268 Å². The Morgan fingerprint density at radius 3 is 1.10 bits per heavy atom. The molecule has 0 radical (unpaired) electrons. The Balaban J connectivity index is -0.000000183. The van der Waals surface area contributed by atoms with Crippen molar-refractivity contribution in [1.29, 1.82) is 0 Å². The fraction of sp³-hybridized carbons (Fsp3) is 0.571. The molecular formula is C91H152ClF6N5O17S7. The van der Waals surface area contributed by atoms with Gasteiger partial charge in [-0.2, -0.15) is 94.5 Å². The van der Waals surface area contributed by atoms with E-state index in [-0.39, 0.29) is 206 Å². The van der Waals surface area contributed by atoms with Gasteiger partial charge < -0.3 is 66.3 Å². The van der Waals surface area contributed by atoms with Crippen molar-refractivity contribution >= 4 is 160 Å². The third kappa shape index (κ3) is 65.0. The summed E-state index contributed by atoms with van der Waals surface area (Å²) in [5.41, 5.74) is 9.50. The molecule has 0 aliphatic carbocycles. The predicted octanol–water partition coefficient (Wildman–Crippen LogP) is 15.4. The number of aliphatic hydroxyl groups excluding tert-OH is 4. The topological polar surface area (TPSA) is 348 Å². The Bertz CT molecular complexity index is 3680. The van der Waals surface area contributed by atoms with Crippen molar-refractivity contribution in [3.05, 3.63) is 178 Å². The van der Waals surface area contributed by atoms with Crippen molar-refractivity contribution in [2.24, 2.45) is 23.5 Å². The lowest BCUT2D eigenvalue weighted by Crippen LogP contribution is -2.50. The number of unbranched alkanes of at least 4 members (excludes halogenated alkanes) is 3. The van der Waals surface area contributed by atoms with Crippen LogP contribution in [0.4, 0.5) is 26.3 Å². The number of aryl methyl sites for hydroxylation is 5. The number of nitrogens with zero attached hydrogens (tertiary/aromatic N) is 1. The molecule has 0 aromatic heterocycles. The van der Waals surface area contributed by atoms with Crippen LogP contribution in [-0.2, 0) is 89.5 Å². The van der Waals surface area contributed by atoms with E-state index < -0.39 is 103 Å². The average molecular weight is 1960 g/mol. The molecule has 10 N–H and O–H groups in total. The molecule has 6 rings (SSSR count). The second-order valence-electron chi connectivity index (χ2n) is 31.6. The van der Waals surface area contributed by atoms with E-state index in [4.69, 9.17) is 43.1 Å². The molecule has 36 heteroatoms. The number of ketones is 1. The molecule has 5 aromatic rings. The first kappa shape index (κ1) is 136. The number of carboxylic acids is 1. The first-order valence-corrected chi connectivity index (χ1v) is 39.9. The van der Waals surface area contributed by atoms with E-state index in [9.17, 15) is 74.6 Å². The number of amides is 4. The number of rotatable bonds is 40. The van der Waals surface area contributed by atoms with Crippen LogP contribution in [-0.4, -0.2) is 179 Å². The quantitative estimate of drug-likeness (QED) is 0.00761. The van der Waals surface area contributed by atoms with Crippen LogP contribution >= 0.6 is 107 Å². The van der Waals surface area contributed by atoms with Gasteiger partial charge >= 0.3 is 23.9 Å². The molecule has 127 heavy (non-hydrogen) atoms. The largest absolute Gasteiger partial charge is 0.481 e. The molecule has 0 saturated carbocycles. The summed E-state index contributed by atoms with van der Waals surface area (Å²) >= 11 is 0. The van der Waals surface area contributed by atoms with Gasteiger partial charge in [0.05, 0.1) is 35.1 Å². The molecule has 5 aromatic carbocycles. The summed E-state index contributed by atoms with van der Waals surface area (Å²) in [6.07, 6.45) is 9.70. The van der Waals surface area contributed by atoms with Gasteiger partial charge in [-0.1, -0.05) is 99.6 Å². The van der Waals surface area contributed by atoms with Crippen molar-refractivity contribution in [2.75, 3.05) is 47.8 Å². The Hall–Kier alpha value is -6.35. The molecule has 0 spiro atoms. The van der Waals surface area contributed by atoms with Crippen LogP contribution < -0.4 is 21.7 Å². The zero-order valence-electron chi connectivity index (χ0n) is 77.1. The molecular weight excluding hydrogens is 1810 g/mol. The number of carboxylic acid groups (broad SMARTS) is 1. The van der Waals surface area contributed by atoms with Crippen LogP contribution in [0, 0.1) is 47.9 Å². The fourth-order valence-electron chi connectivity index (χ4n) is 11.7. The number of likely N-dealkylation sites (tertiary alicyclic amines) is 1. The van der Waals surface area contributed by atoms with Crippen molar-refractivity contribution in [3.63, 3.8) is 0 Å². The molecule has 22 nitrogen and oxygen atoms in total. The molecule has 1 fully saturated rings. The molecule has 1 aliphatic rings. The highest BCUT2D eigenvalue weighted by atomic mass is 35.5. The van der Waals surface area contributed by atoms with Gasteiger partial charge in [0, 0.05) is 58.2 Å². The third-order valence-corrected chi connectivity index (χ3v) is 18.0. The summed E-state index contributed by atoms with van der Waals surface area (Å²) in [6, 6.07) is 28.2. The molecule has 0 bridgehead atoms. The highest BCUT2D eigenvalue weighted by Gasteiger charge is 2.37. The number of aliphatic hydroxyl groups is 4. The number of ether oxygens (including phenoxy) is 3. The molecule has 1 unspecified atom stereocenters. The van der Waals surface area contributed by atoms with Crippen LogP contribution in [0.3, 0.4) is 0 Å². The normalized spacial score (nSPS) is 12.9. The number of hydrogen-bond donors (Lipinski definition) is 9. The van der Waals surface area contributed by atoms with Gasteiger partial charge in [-0.25, -0.2) is 31.9 Å². The van der Waals surface area contributed by atoms with Crippen molar-refractivity contribution in [2.45, 2.75) is 272 Å². The molecule has 1 heterocycles. The van der Waals surface area contributed by atoms with E-state index in [2.05, 4.69) is 16.0 Å². The number of nitrogens with two attached hydrogens (primary N) is 1. The Kier molecular flexibility index (Phi) is 83.9. The summed E-state index contributed by atoms with van der Waals surface area (Å²) in [6.45, 7) is 21.8. The number of aliphatic carboxylic acids is 1. The second kappa shape index (κ2) is 78.3. The summed E-state index contributed by atoms with van der Waals surface area (Å²) in [5, 5.41) is 51.1. The lowest BCUT2D eigenvalue weighted by Gasteiger charge is -2.29. The van der Waals surface area contributed by atoms with Gasteiger partial charge in [-0.3, -0.25) is 37.5 Å². The number of carbonyl (C=O) groups is 9. The lowest BCUT2D eigenvalue weighted by atomic mass is 9.89. The maximum absolute atomic E-state index is 14.0. The summed E-state index contributed by atoms with van der Waals surface area (Å²) in [7, 11) is -1.00. The maximum atomic E-state index is 14.0. The standard InChI is InChI=1S/C35H47FN2O6.C21H32FNO4.C20H31FN2O4.C11H13FO2.2CH3F.CH4O.CH4.ClH.7H2S/c1-24-9-7-10-26(21-24)22-30(38-19-8-12-32(38)41)31(40)23-27(16-13-25-14-17-28(36)18-15-25)33(42)37-29(11-5-6-20-39)34(43)44-35(2,3)4;1-15(8-9-16-10-12-17(22)13-11-16)19(25)23-18(7-5-6-14-24)20(26)27-21(2,3)4;1-20(2,3)27-19(26)17(6-4-5-13-24)23-18(25)16(22)12-9-14-7-10-15(21)11-8-14;1-8(11(13)14)2-3-9-4-6-10(12)7-5-9;3*1-2;;;;;;;;;/h7,9-10,14-15,17-18,21,27,29-30,39H,5-6,8,11-13,16,19-20,22-23H2,1-4H3,(H,37,42);10-13,15,18,24H,5-9,14H2,1-4H3,(H,23,25);7-8,10-11,16-17,24H,4-6,9,12-13,22H2,1-3H3,(H,23,25);4-8H,2-3H2,1H3,(H,13,14);2*1H3;2H,1H3;1H4;1H;7*1H2/t27-,29+,30?;15-,18-;16-,17-;8-;;;;;;;;;;;;/m1000............/s1/i;;;;2*1D;;;;;;;;;;. The van der Waals surface area contributed by atoms with Crippen LogP contribution in [0.2, 0.25) is 0 Å². The summed E-state index contributed by atoms with van der Waals surface area (Å²) in [4.78, 5) is 115. The number of nitrogens with one attached hydrogen (secondary N) is 3. The van der Waals surface area contributed by atoms with Gasteiger partial charge in [0.2, 0.25) is 23.6 Å². The number of Topliss-reactive ketones (excluding diaryl/α,β-unsaturated/α-hetero) is 1. The van der Waals surface area contributed by atoms with Crippen LogP contribution in [0.15, 0.2) is 121 Å². The van der Waals surface area contributed by atoms with Crippen LogP contribution in [0.5, 0.6) is 0 Å². The van der Waals surface area contributed by atoms with E-state index in [1.54, 1.807) is 130 Å². The number of carbonyl (C=O) groups excluding carboxylic acids is 8. The summed E-state index contributed by atoms with van der Waals surface area (Å²) in [5.74, 6) is -6.39. The number of alkyl halides is 2. The number of esters is 3. The predicted molar refractivity (Wildman–Crippen MR) is 531 cm³/mol. The smallest absolute Gasteiger partial charge is 0.329 e. The molecule has 734 valence electrons. The molecule has 8 atom stereocenters. The monoisotopic (exact) mass is 1960 g/mol.